The van der Waals surface area contributed by atoms with Gasteiger partial charge in [-0.05, 0) is 37.3 Å². The van der Waals surface area contributed by atoms with Gasteiger partial charge >= 0.3 is 0 Å². The first-order valence-electron chi connectivity index (χ1n) is 7.91. The smallest absolute Gasteiger partial charge is 0.259 e. The van der Waals surface area contributed by atoms with Gasteiger partial charge in [0.1, 0.15) is 0 Å². The highest BCUT2D eigenvalue weighted by atomic mass is 79.9. The number of aromatic nitrogens is 1. The van der Waals surface area contributed by atoms with Gasteiger partial charge in [0, 0.05) is 39.4 Å². The molecule has 0 fully saturated rings. The normalized spacial score (nSPS) is 11.2. The third-order valence-corrected chi connectivity index (χ3v) is 4.66. The van der Waals surface area contributed by atoms with Gasteiger partial charge in [0.05, 0.1) is 12.8 Å². The topological polar surface area (TPSA) is 58.4 Å². The molecule has 1 heterocycles. The summed E-state index contributed by atoms with van der Waals surface area (Å²) in [5, 5.41) is 8.28. The Bertz CT molecular complexity index is 928. The van der Waals surface area contributed by atoms with E-state index in [0.29, 0.717) is 0 Å². The third-order valence-electron chi connectivity index (χ3n) is 4.13. The maximum absolute atomic E-state index is 11.9. The Balaban J connectivity index is 1.62. The standard InChI is InChI=1S/C19H19BrN4O/c1-13-17(16-5-3-4-6-18(16)24(13)2)11-22-23-19(25)12-21-15-9-7-14(20)8-10-15/h3-11,21H,12H2,1-2H3,(H,23,25)/b22-11-. The van der Waals surface area contributed by atoms with E-state index in [1.165, 1.54) is 0 Å². The molecule has 0 unspecified atom stereocenters. The van der Waals surface area contributed by atoms with E-state index in [0.717, 1.165) is 32.3 Å². The number of nitrogens with one attached hydrogen (secondary N) is 2. The number of hydrazone groups is 1. The molecule has 0 saturated carbocycles. The number of carbonyl (C=O) groups is 1. The lowest BCUT2D eigenvalue weighted by molar-refractivity contribution is -0.119. The van der Waals surface area contributed by atoms with E-state index in [2.05, 4.69) is 48.5 Å². The molecule has 5 nitrogen and oxygen atoms in total. The average Bonchev–Trinajstić information content (AvgIpc) is 2.86. The van der Waals surface area contributed by atoms with Crippen molar-refractivity contribution in [2.24, 2.45) is 12.1 Å². The van der Waals surface area contributed by atoms with E-state index in [1.807, 2.05) is 50.4 Å². The van der Waals surface area contributed by atoms with E-state index in [4.69, 9.17) is 0 Å². The van der Waals surface area contributed by atoms with E-state index >= 15 is 0 Å². The summed E-state index contributed by atoms with van der Waals surface area (Å²) in [6, 6.07) is 15.8. The van der Waals surface area contributed by atoms with Gasteiger partial charge in [-0.3, -0.25) is 4.79 Å². The molecule has 3 rings (SSSR count). The van der Waals surface area contributed by atoms with Crippen molar-refractivity contribution >= 4 is 44.6 Å². The van der Waals surface area contributed by atoms with Crippen LogP contribution in [0.25, 0.3) is 10.9 Å². The highest BCUT2D eigenvalue weighted by Crippen LogP contribution is 2.22. The fraction of sp³-hybridized carbons (Fsp3) is 0.158. The monoisotopic (exact) mass is 398 g/mol. The molecule has 25 heavy (non-hydrogen) atoms. The number of halogens is 1. The Labute approximate surface area is 154 Å². The van der Waals surface area contributed by atoms with Gasteiger partial charge in [-0.15, -0.1) is 0 Å². The molecule has 0 bridgehead atoms. The molecule has 0 radical (unpaired) electrons. The number of hydrogen-bond donors (Lipinski definition) is 2. The summed E-state index contributed by atoms with van der Waals surface area (Å²) in [4.78, 5) is 11.9. The zero-order valence-electron chi connectivity index (χ0n) is 14.1. The van der Waals surface area contributed by atoms with Gasteiger partial charge in [-0.25, -0.2) is 5.43 Å². The molecule has 6 heteroatoms. The largest absolute Gasteiger partial charge is 0.376 e. The summed E-state index contributed by atoms with van der Waals surface area (Å²) < 4.78 is 3.12. The molecular weight excluding hydrogens is 380 g/mol. The van der Waals surface area contributed by atoms with Crippen LogP contribution in [0.2, 0.25) is 0 Å². The summed E-state index contributed by atoms with van der Waals surface area (Å²) >= 11 is 3.38. The van der Waals surface area contributed by atoms with Crippen LogP contribution in [0.1, 0.15) is 11.3 Å². The number of amides is 1. The molecule has 3 aromatic rings. The molecule has 2 N–H and O–H groups in total. The lowest BCUT2D eigenvalue weighted by Gasteiger charge is -2.05. The summed E-state index contributed by atoms with van der Waals surface area (Å²) in [5.74, 6) is -0.197. The SMILES string of the molecule is Cc1c(/C=N\NC(=O)CNc2ccc(Br)cc2)c2ccccc2n1C. The van der Waals surface area contributed by atoms with Crippen LogP contribution in [-0.4, -0.2) is 23.2 Å². The van der Waals surface area contributed by atoms with Gasteiger partial charge in [0.2, 0.25) is 0 Å². The van der Waals surface area contributed by atoms with Crippen molar-refractivity contribution in [1.29, 1.82) is 0 Å². The first kappa shape index (κ1) is 17.2. The third kappa shape index (κ3) is 3.91. The van der Waals surface area contributed by atoms with Crippen molar-refractivity contribution in [2.45, 2.75) is 6.92 Å². The minimum absolute atomic E-state index is 0.160. The Kier molecular flexibility index (Phi) is 5.19. The first-order chi connectivity index (χ1) is 12.1. The predicted molar refractivity (Wildman–Crippen MR) is 106 cm³/mol. The number of carbonyl (C=O) groups excluding carboxylic acids is 1. The minimum atomic E-state index is -0.197. The van der Waals surface area contributed by atoms with Crippen LogP contribution in [0.4, 0.5) is 5.69 Å². The van der Waals surface area contributed by atoms with Crippen molar-refractivity contribution in [2.75, 3.05) is 11.9 Å². The molecule has 0 atom stereocenters. The number of fused-ring (bicyclic) bond motifs is 1. The summed E-state index contributed by atoms with van der Waals surface area (Å²) in [6.45, 7) is 2.20. The van der Waals surface area contributed by atoms with Crippen LogP contribution in [-0.2, 0) is 11.8 Å². The van der Waals surface area contributed by atoms with Gasteiger partial charge in [-0.1, -0.05) is 34.1 Å². The van der Waals surface area contributed by atoms with Crippen molar-refractivity contribution in [1.82, 2.24) is 9.99 Å². The molecule has 2 aromatic carbocycles. The number of hydrogen-bond acceptors (Lipinski definition) is 3. The van der Waals surface area contributed by atoms with Crippen molar-refractivity contribution in [3.8, 4) is 0 Å². The Morgan fingerprint density at radius 2 is 1.92 bits per heavy atom. The second-order valence-corrected chi connectivity index (χ2v) is 6.64. The number of nitrogens with zero attached hydrogens (tertiary/aromatic N) is 2. The van der Waals surface area contributed by atoms with Crippen LogP contribution in [0, 0.1) is 6.92 Å². The van der Waals surface area contributed by atoms with Gasteiger partial charge in [0.25, 0.3) is 5.91 Å². The van der Waals surface area contributed by atoms with E-state index in [-0.39, 0.29) is 12.5 Å². The molecule has 128 valence electrons. The summed E-state index contributed by atoms with van der Waals surface area (Å²) in [6.07, 6.45) is 1.70. The molecule has 0 spiro atoms. The Morgan fingerprint density at radius 3 is 2.68 bits per heavy atom. The average molecular weight is 399 g/mol. The highest BCUT2D eigenvalue weighted by molar-refractivity contribution is 9.10. The van der Waals surface area contributed by atoms with Crippen LogP contribution in [0.15, 0.2) is 58.1 Å². The zero-order chi connectivity index (χ0) is 17.8. The lowest BCUT2D eigenvalue weighted by Crippen LogP contribution is -2.25. The van der Waals surface area contributed by atoms with Gasteiger partial charge in [-0.2, -0.15) is 5.10 Å². The number of anilines is 1. The van der Waals surface area contributed by atoms with Crippen LogP contribution < -0.4 is 10.7 Å². The fourth-order valence-electron chi connectivity index (χ4n) is 2.67. The molecule has 0 saturated heterocycles. The predicted octanol–water partition coefficient (Wildman–Crippen LogP) is 3.81. The maximum Gasteiger partial charge on any atom is 0.259 e. The highest BCUT2D eigenvalue weighted by Gasteiger charge is 2.09. The van der Waals surface area contributed by atoms with E-state index in [1.54, 1.807) is 6.21 Å². The van der Waals surface area contributed by atoms with Crippen molar-refractivity contribution in [3.63, 3.8) is 0 Å². The second-order valence-electron chi connectivity index (χ2n) is 5.73. The van der Waals surface area contributed by atoms with Crippen LogP contribution in [0.5, 0.6) is 0 Å². The van der Waals surface area contributed by atoms with Crippen LogP contribution in [0.3, 0.4) is 0 Å². The molecule has 1 amide bonds. The molecule has 1 aromatic heterocycles. The first-order valence-corrected chi connectivity index (χ1v) is 8.71. The molecule has 0 aliphatic heterocycles. The second kappa shape index (κ2) is 7.53. The summed E-state index contributed by atoms with van der Waals surface area (Å²) in [5.41, 5.74) is 6.71. The van der Waals surface area contributed by atoms with E-state index in [9.17, 15) is 4.79 Å². The molecular formula is C19H19BrN4O. The van der Waals surface area contributed by atoms with Crippen LogP contribution >= 0.6 is 15.9 Å². The lowest BCUT2D eigenvalue weighted by atomic mass is 10.1. The Hall–Kier alpha value is -2.60. The van der Waals surface area contributed by atoms with Crippen molar-refractivity contribution < 1.29 is 4.79 Å². The zero-order valence-corrected chi connectivity index (χ0v) is 15.7. The summed E-state index contributed by atoms with van der Waals surface area (Å²) in [7, 11) is 2.02. The number of aryl methyl sites for hydroxylation is 1. The molecule has 0 aliphatic rings. The fourth-order valence-corrected chi connectivity index (χ4v) is 2.94. The number of para-hydroxylation sites is 1. The van der Waals surface area contributed by atoms with E-state index < -0.39 is 0 Å². The Morgan fingerprint density at radius 1 is 1.20 bits per heavy atom. The van der Waals surface area contributed by atoms with Gasteiger partial charge < -0.3 is 9.88 Å². The quantitative estimate of drug-likeness (QED) is 0.506. The molecule has 0 aliphatic carbocycles. The maximum atomic E-state index is 11.9. The minimum Gasteiger partial charge on any atom is -0.376 e. The number of rotatable bonds is 5. The van der Waals surface area contributed by atoms with Gasteiger partial charge in [0.15, 0.2) is 0 Å². The van der Waals surface area contributed by atoms with Crippen molar-refractivity contribution in [3.05, 3.63) is 64.3 Å². The number of benzene rings is 2.